The molecule has 0 saturated carbocycles. The van der Waals surface area contributed by atoms with Gasteiger partial charge in [-0.1, -0.05) is 6.07 Å². The molecule has 0 atom stereocenters. The summed E-state index contributed by atoms with van der Waals surface area (Å²) in [5.74, 6) is -2.56. The summed E-state index contributed by atoms with van der Waals surface area (Å²) in [4.78, 5) is 23.4. The Balaban J connectivity index is 1.68. The zero-order valence-electron chi connectivity index (χ0n) is 16.1. The molecule has 0 fully saturated rings. The fourth-order valence-electron chi connectivity index (χ4n) is 2.55. The van der Waals surface area contributed by atoms with Gasteiger partial charge in [-0.2, -0.15) is 0 Å². The van der Waals surface area contributed by atoms with Gasteiger partial charge in [-0.15, -0.1) is 0 Å². The predicted octanol–water partition coefficient (Wildman–Crippen LogP) is 3.63. The number of carbonyl (C=O) groups excluding carboxylic acids is 2. The zero-order chi connectivity index (χ0) is 20.7. The molecule has 0 aromatic heterocycles. The second kappa shape index (κ2) is 9.82. The first-order valence-electron chi connectivity index (χ1n) is 8.87. The molecule has 0 heterocycles. The highest BCUT2D eigenvalue weighted by Gasteiger charge is 2.15. The summed E-state index contributed by atoms with van der Waals surface area (Å²) >= 11 is 0. The number of aryl methyl sites for hydroxylation is 2. The number of nitrogens with one attached hydrogen (secondary N) is 1. The Morgan fingerprint density at radius 1 is 1.07 bits per heavy atom. The Morgan fingerprint density at radius 2 is 1.82 bits per heavy atom. The smallest absolute Gasteiger partial charge is 0.341 e. The Hall–Kier alpha value is -2.96. The van der Waals surface area contributed by atoms with Crippen LogP contribution in [0.3, 0.4) is 0 Å². The van der Waals surface area contributed by atoms with Crippen molar-refractivity contribution in [2.24, 2.45) is 0 Å². The Morgan fingerprint density at radius 3 is 2.54 bits per heavy atom. The topological polar surface area (TPSA) is 64.6 Å². The maximum atomic E-state index is 13.5. The first-order valence-corrected chi connectivity index (χ1v) is 8.87. The van der Waals surface area contributed by atoms with Gasteiger partial charge in [0.25, 0.3) is 5.91 Å². The van der Waals surface area contributed by atoms with Crippen LogP contribution in [0.4, 0.5) is 8.78 Å². The largest absolute Gasteiger partial charge is 0.493 e. The van der Waals surface area contributed by atoms with Gasteiger partial charge in [0.2, 0.25) is 0 Å². The fraction of sp³-hybridized carbons (Fsp3) is 0.333. The van der Waals surface area contributed by atoms with E-state index in [2.05, 4.69) is 11.4 Å². The maximum absolute atomic E-state index is 13.5. The molecule has 2 aromatic carbocycles. The van der Waals surface area contributed by atoms with Crippen molar-refractivity contribution in [3.8, 4) is 5.75 Å². The quantitative estimate of drug-likeness (QED) is 0.551. The van der Waals surface area contributed by atoms with E-state index in [1.807, 2.05) is 26.8 Å². The van der Waals surface area contributed by atoms with E-state index in [0.29, 0.717) is 25.6 Å². The van der Waals surface area contributed by atoms with Gasteiger partial charge in [0, 0.05) is 12.6 Å². The molecule has 2 rings (SSSR count). The molecule has 0 saturated heterocycles. The standard InChI is InChI=1S/C21H23F2NO4/c1-13-9-14(2)15(3)19(10-13)27-8-4-7-24-20(25)12-28-21(26)17-6-5-16(22)11-18(17)23/h5-6,9-11H,4,7-8,12H2,1-3H3,(H,24,25). The molecule has 5 nitrogen and oxygen atoms in total. The summed E-state index contributed by atoms with van der Waals surface area (Å²) in [6, 6.07) is 6.54. The maximum Gasteiger partial charge on any atom is 0.341 e. The third kappa shape index (κ3) is 6.04. The summed E-state index contributed by atoms with van der Waals surface area (Å²) in [5, 5.41) is 2.59. The average molecular weight is 391 g/mol. The van der Waals surface area contributed by atoms with Crippen LogP contribution in [0.5, 0.6) is 5.75 Å². The van der Waals surface area contributed by atoms with Crippen molar-refractivity contribution >= 4 is 11.9 Å². The van der Waals surface area contributed by atoms with Gasteiger partial charge >= 0.3 is 5.97 Å². The summed E-state index contributed by atoms with van der Waals surface area (Å²) in [6.07, 6.45) is 0.568. The molecule has 1 amide bonds. The molecule has 0 unspecified atom stereocenters. The van der Waals surface area contributed by atoms with Crippen molar-refractivity contribution in [3.05, 3.63) is 64.2 Å². The predicted molar refractivity (Wildman–Crippen MR) is 100 cm³/mol. The highest BCUT2D eigenvalue weighted by atomic mass is 19.1. The van der Waals surface area contributed by atoms with Gasteiger partial charge in [-0.25, -0.2) is 13.6 Å². The molecule has 0 bridgehead atoms. The van der Waals surface area contributed by atoms with E-state index in [-0.39, 0.29) is 0 Å². The van der Waals surface area contributed by atoms with Crippen LogP contribution in [0.2, 0.25) is 0 Å². The van der Waals surface area contributed by atoms with Crippen molar-refractivity contribution < 1.29 is 27.8 Å². The number of benzene rings is 2. The molecular formula is C21H23F2NO4. The van der Waals surface area contributed by atoms with Crippen molar-refractivity contribution in [1.29, 1.82) is 0 Å². The number of amides is 1. The molecule has 0 spiro atoms. The monoisotopic (exact) mass is 391 g/mol. The first kappa shape index (κ1) is 21.3. The molecule has 150 valence electrons. The highest BCUT2D eigenvalue weighted by molar-refractivity contribution is 5.91. The minimum atomic E-state index is -1.04. The summed E-state index contributed by atoms with van der Waals surface area (Å²) in [6.45, 7) is 6.22. The highest BCUT2D eigenvalue weighted by Crippen LogP contribution is 2.23. The van der Waals surface area contributed by atoms with Crippen molar-refractivity contribution in [3.63, 3.8) is 0 Å². The van der Waals surface area contributed by atoms with E-state index in [1.165, 1.54) is 0 Å². The molecule has 0 aliphatic rings. The first-order chi connectivity index (χ1) is 13.3. The molecule has 7 heteroatoms. The van der Waals surface area contributed by atoms with Gasteiger partial charge in [0.15, 0.2) is 6.61 Å². The van der Waals surface area contributed by atoms with Crippen LogP contribution in [0.25, 0.3) is 0 Å². The molecule has 0 aliphatic heterocycles. The van der Waals surface area contributed by atoms with Gasteiger partial charge in [-0.05, 0) is 62.1 Å². The molecule has 1 N–H and O–H groups in total. The van der Waals surface area contributed by atoms with Crippen LogP contribution in [0.15, 0.2) is 30.3 Å². The van der Waals surface area contributed by atoms with Gasteiger partial charge in [0.05, 0.1) is 12.2 Å². The van der Waals surface area contributed by atoms with Gasteiger partial charge < -0.3 is 14.8 Å². The average Bonchev–Trinajstić information content (AvgIpc) is 2.63. The summed E-state index contributed by atoms with van der Waals surface area (Å²) in [7, 11) is 0. The normalized spacial score (nSPS) is 10.5. The van der Waals surface area contributed by atoms with Crippen molar-refractivity contribution in [2.45, 2.75) is 27.2 Å². The number of halogens is 2. The third-order valence-electron chi connectivity index (χ3n) is 4.15. The molecule has 0 aliphatic carbocycles. The van der Waals surface area contributed by atoms with E-state index in [9.17, 15) is 18.4 Å². The van der Waals surface area contributed by atoms with Gasteiger partial charge in [0.1, 0.15) is 17.4 Å². The number of hydrogen-bond acceptors (Lipinski definition) is 4. The van der Waals surface area contributed by atoms with Crippen molar-refractivity contribution in [1.82, 2.24) is 5.32 Å². The number of rotatable bonds is 8. The minimum Gasteiger partial charge on any atom is -0.493 e. The van der Waals surface area contributed by atoms with Gasteiger partial charge in [-0.3, -0.25) is 4.79 Å². The second-order valence-corrected chi connectivity index (χ2v) is 6.46. The molecule has 0 radical (unpaired) electrons. The fourth-order valence-corrected chi connectivity index (χ4v) is 2.55. The van der Waals surface area contributed by atoms with Crippen LogP contribution in [-0.4, -0.2) is 31.6 Å². The zero-order valence-corrected chi connectivity index (χ0v) is 16.1. The number of hydrogen-bond donors (Lipinski definition) is 1. The third-order valence-corrected chi connectivity index (χ3v) is 4.15. The van der Waals surface area contributed by atoms with Crippen LogP contribution in [0.1, 0.15) is 33.5 Å². The van der Waals surface area contributed by atoms with Crippen LogP contribution >= 0.6 is 0 Å². The lowest BCUT2D eigenvalue weighted by atomic mass is 10.1. The summed E-state index contributed by atoms with van der Waals surface area (Å²) < 4.78 is 36.8. The van der Waals surface area contributed by atoms with E-state index in [0.717, 1.165) is 34.6 Å². The van der Waals surface area contributed by atoms with E-state index < -0.39 is 35.7 Å². The van der Waals surface area contributed by atoms with E-state index in [4.69, 9.17) is 9.47 Å². The lowest BCUT2D eigenvalue weighted by Crippen LogP contribution is -2.30. The SMILES string of the molecule is Cc1cc(C)c(C)c(OCCCNC(=O)COC(=O)c2ccc(F)cc2F)c1. The minimum absolute atomic E-state index is 0.338. The number of carbonyl (C=O) groups is 2. The lowest BCUT2D eigenvalue weighted by molar-refractivity contribution is -0.124. The molecule has 2 aromatic rings. The Kier molecular flexibility index (Phi) is 7.49. The summed E-state index contributed by atoms with van der Waals surface area (Å²) in [5.41, 5.74) is 2.93. The van der Waals surface area contributed by atoms with Crippen LogP contribution in [-0.2, 0) is 9.53 Å². The number of esters is 1. The van der Waals surface area contributed by atoms with E-state index in [1.54, 1.807) is 0 Å². The Bertz CT molecular complexity index is 868. The van der Waals surface area contributed by atoms with Crippen LogP contribution < -0.4 is 10.1 Å². The van der Waals surface area contributed by atoms with Crippen LogP contribution in [0, 0.1) is 32.4 Å². The van der Waals surface area contributed by atoms with E-state index >= 15 is 0 Å². The number of ether oxygens (including phenoxy) is 2. The second-order valence-electron chi connectivity index (χ2n) is 6.46. The lowest BCUT2D eigenvalue weighted by Gasteiger charge is -2.12. The van der Waals surface area contributed by atoms with Crippen molar-refractivity contribution in [2.75, 3.05) is 19.8 Å². The molecular weight excluding hydrogens is 368 g/mol. The molecule has 28 heavy (non-hydrogen) atoms. The Labute approximate surface area is 162 Å².